The smallest absolute Gasteiger partial charge is 0.225 e. The van der Waals surface area contributed by atoms with Crippen molar-refractivity contribution in [2.75, 3.05) is 23.3 Å². The van der Waals surface area contributed by atoms with Crippen molar-refractivity contribution in [3.05, 3.63) is 72.6 Å². The second-order valence-corrected chi connectivity index (χ2v) is 8.46. The summed E-state index contributed by atoms with van der Waals surface area (Å²) in [5, 5.41) is 14.6. The average molecular weight is 481 g/mol. The van der Waals surface area contributed by atoms with Crippen LogP contribution in [0.2, 0.25) is 0 Å². The third-order valence-electron chi connectivity index (χ3n) is 6.25. The summed E-state index contributed by atoms with van der Waals surface area (Å²) in [6.07, 6.45) is 14.9. The van der Waals surface area contributed by atoms with E-state index in [9.17, 15) is 0 Å². The number of tetrazole rings is 1. The van der Waals surface area contributed by atoms with Crippen LogP contribution in [-0.4, -0.2) is 62.6 Å². The van der Waals surface area contributed by atoms with E-state index in [1.807, 2.05) is 43.8 Å². The Bertz CT molecular complexity index is 1540. The number of hydrogen-bond acceptors (Lipinski definition) is 10. The fourth-order valence-corrected chi connectivity index (χ4v) is 4.21. The summed E-state index contributed by atoms with van der Waals surface area (Å²) in [6, 6.07) is 3.79. The number of hydrogen-bond donors (Lipinski definition) is 1. The third kappa shape index (κ3) is 4.02. The topological polar surface area (TPSA) is 128 Å². The molecular formula is C24H24N12. The lowest BCUT2D eigenvalue weighted by molar-refractivity contribution is 0.768. The maximum absolute atomic E-state index is 4.74. The first-order valence-corrected chi connectivity index (χ1v) is 11.7. The van der Waals surface area contributed by atoms with Crippen LogP contribution < -0.4 is 10.2 Å². The number of aryl methyl sites for hydroxylation is 2. The molecule has 0 radical (unpaired) electrons. The van der Waals surface area contributed by atoms with Crippen molar-refractivity contribution in [2.45, 2.75) is 26.7 Å². The fraction of sp³-hybridized carbons (Fsp3) is 0.250. The Kier molecular flexibility index (Phi) is 5.52. The van der Waals surface area contributed by atoms with Gasteiger partial charge in [0.2, 0.25) is 5.95 Å². The predicted molar refractivity (Wildman–Crippen MR) is 134 cm³/mol. The van der Waals surface area contributed by atoms with Crippen molar-refractivity contribution in [2.24, 2.45) is 0 Å². The fourth-order valence-electron chi connectivity index (χ4n) is 4.21. The number of aromatic nitrogens is 10. The van der Waals surface area contributed by atoms with E-state index in [1.165, 1.54) is 16.6 Å². The van der Waals surface area contributed by atoms with E-state index in [2.05, 4.69) is 63.1 Å². The van der Waals surface area contributed by atoms with Crippen LogP contribution in [0.25, 0.3) is 16.9 Å². The Morgan fingerprint density at radius 3 is 2.67 bits per heavy atom. The Balaban J connectivity index is 1.23. The van der Waals surface area contributed by atoms with Gasteiger partial charge in [-0.1, -0.05) is 13.0 Å². The van der Waals surface area contributed by atoms with Gasteiger partial charge in [0.05, 0.1) is 17.6 Å². The average Bonchev–Trinajstić information content (AvgIpc) is 3.61. The van der Waals surface area contributed by atoms with Gasteiger partial charge in [-0.25, -0.2) is 24.9 Å². The summed E-state index contributed by atoms with van der Waals surface area (Å²) in [6.45, 7) is 5.60. The minimum atomic E-state index is 0.644. The van der Waals surface area contributed by atoms with Crippen LogP contribution in [0.5, 0.6) is 0 Å². The minimum absolute atomic E-state index is 0.644. The summed E-state index contributed by atoms with van der Waals surface area (Å²) in [5.41, 5.74) is 4.87. The molecule has 12 heteroatoms. The van der Waals surface area contributed by atoms with E-state index >= 15 is 0 Å². The van der Waals surface area contributed by atoms with Crippen molar-refractivity contribution in [3.63, 3.8) is 0 Å². The van der Waals surface area contributed by atoms with Crippen molar-refractivity contribution in [1.82, 2.24) is 49.5 Å². The molecule has 0 spiro atoms. The Morgan fingerprint density at radius 1 is 1.06 bits per heavy atom. The highest BCUT2D eigenvalue weighted by Gasteiger charge is 2.19. The van der Waals surface area contributed by atoms with Gasteiger partial charge in [0.1, 0.15) is 17.7 Å². The lowest BCUT2D eigenvalue weighted by Crippen LogP contribution is -2.30. The van der Waals surface area contributed by atoms with Gasteiger partial charge in [-0.2, -0.15) is 4.68 Å². The number of fused-ring (bicyclic) bond motifs is 1. The Hall–Kier alpha value is -4.74. The van der Waals surface area contributed by atoms with Crippen LogP contribution in [0.4, 0.5) is 17.5 Å². The zero-order chi connectivity index (χ0) is 24.5. The van der Waals surface area contributed by atoms with E-state index in [0.29, 0.717) is 11.6 Å². The number of pyridine rings is 1. The lowest BCUT2D eigenvalue weighted by Gasteiger charge is -2.26. The summed E-state index contributed by atoms with van der Waals surface area (Å²) >= 11 is 0. The van der Waals surface area contributed by atoms with Gasteiger partial charge in [-0.3, -0.25) is 4.40 Å². The predicted octanol–water partition coefficient (Wildman–Crippen LogP) is 2.80. The monoisotopic (exact) mass is 480 g/mol. The van der Waals surface area contributed by atoms with Crippen molar-refractivity contribution in [3.8, 4) is 5.82 Å². The number of nitrogens with zero attached hydrogens (tertiary/aromatic N) is 11. The molecule has 0 unspecified atom stereocenters. The normalized spacial score (nSPS) is 13.7. The molecule has 0 saturated carbocycles. The van der Waals surface area contributed by atoms with Crippen LogP contribution in [0.1, 0.15) is 30.4 Å². The van der Waals surface area contributed by atoms with E-state index in [0.717, 1.165) is 60.2 Å². The van der Waals surface area contributed by atoms with Gasteiger partial charge < -0.3 is 10.2 Å². The van der Waals surface area contributed by atoms with Crippen molar-refractivity contribution >= 4 is 28.5 Å². The molecule has 6 rings (SSSR count). The lowest BCUT2D eigenvalue weighted by atomic mass is 10.1. The molecule has 6 heterocycles. The molecule has 12 nitrogen and oxygen atoms in total. The molecule has 0 bridgehead atoms. The number of rotatable bonds is 6. The zero-order valence-corrected chi connectivity index (χ0v) is 19.9. The van der Waals surface area contributed by atoms with Gasteiger partial charge >= 0.3 is 0 Å². The molecular weight excluding hydrogens is 456 g/mol. The molecule has 0 saturated heterocycles. The molecule has 0 aromatic carbocycles. The van der Waals surface area contributed by atoms with E-state index in [4.69, 9.17) is 4.98 Å². The Morgan fingerprint density at radius 2 is 1.94 bits per heavy atom. The van der Waals surface area contributed by atoms with Gasteiger partial charge in [0.25, 0.3) is 0 Å². The quantitative estimate of drug-likeness (QED) is 0.387. The van der Waals surface area contributed by atoms with Crippen LogP contribution in [0.3, 0.4) is 0 Å². The van der Waals surface area contributed by atoms with Gasteiger partial charge in [-0.05, 0) is 53.5 Å². The van der Waals surface area contributed by atoms with E-state index in [-0.39, 0.29) is 0 Å². The molecule has 180 valence electrons. The first-order chi connectivity index (χ1) is 17.7. The van der Waals surface area contributed by atoms with Gasteiger partial charge in [-0.15, -0.1) is 5.10 Å². The standard InChI is InChI=1S/C24H24N12/c1-3-17-12-27-24(28-13-17)34-9-6-18(7-10-34)23-26-14-20-22(25-8-11-35(20)23)31-19-4-5-21(30-16(19)2)36-15-29-32-33-36/h4-6,8,11-15H,3,7,9-10H2,1-2H3,(H,25,31). The molecule has 1 aliphatic rings. The number of imidazole rings is 1. The van der Waals surface area contributed by atoms with Gasteiger partial charge in [0, 0.05) is 37.9 Å². The summed E-state index contributed by atoms with van der Waals surface area (Å²) in [4.78, 5) is 25.1. The number of nitrogens with one attached hydrogen (secondary N) is 1. The molecule has 1 aliphatic heterocycles. The summed E-state index contributed by atoms with van der Waals surface area (Å²) < 4.78 is 3.59. The molecule has 0 amide bonds. The minimum Gasteiger partial charge on any atom is -0.337 e. The maximum atomic E-state index is 4.74. The number of anilines is 3. The van der Waals surface area contributed by atoms with Crippen LogP contribution in [-0.2, 0) is 6.42 Å². The Labute approximate surface area is 206 Å². The first-order valence-electron chi connectivity index (χ1n) is 11.7. The second-order valence-electron chi connectivity index (χ2n) is 8.46. The summed E-state index contributed by atoms with van der Waals surface area (Å²) in [7, 11) is 0. The van der Waals surface area contributed by atoms with Crippen molar-refractivity contribution in [1.29, 1.82) is 0 Å². The molecule has 36 heavy (non-hydrogen) atoms. The zero-order valence-electron chi connectivity index (χ0n) is 19.9. The molecule has 0 aliphatic carbocycles. The van der Waals surface area contributed by atoms with Crippen molar-refractivity contribution < 1.29 is 0 Å². The third-order valence-corrected chi connectivity index (χ3v) is 6.25. The highest BCUT2D eigenvalue weighted by molar-refractivity contribution is 5.76. The van der Waals surface area contributed by atoms with Crippen LogP contribution in [0, 0.1) is 6.92 Å². The summed E-state index contributed by atoms with van der Waals surface area (Å²) in [5.74, 6) is 3.03. The molecule has 0 fully saturated rings. The second kappa shape index (κ2) is 9.13. The van der Waals surface area contributed by atoms with Crippen LogP contribution >= 0.6 is 0 Å². The van der Waals surface area contributed by atoms with Crippen LogP contribution in [0.15, 0.2) is 55.5 Å². The van der Waals surface area contributed by atoms with Gasteiger partial charge in [0.15, 0.2) is 11.6 Å². The largest absolute Gasteiger partial charge is 0.337 e. The van der Waals surface area contributed by atoms with E-state index < -0.39 is 0 Å². The first kappa shape index (κ1) is 21.8. The molecule has 1 N–H and O–H groups in total. The highest BCUT2D eigenvalue weighted by atomic mass is 15.5. The SMILES string of the molecule is CCc1cnc(N2CC=C(c3ncc4c(Nc5ccc(-n6cnnn6)nc5C)nccn34)CC2)nc1. The molecule has 5 aromatic rings. The molecule has 0 atom stereocenters. The van der Waals surface area contributed by atoms with E-state index in [1.54, 1.807) is 6.20 Å². The highest BCUT2D eigenvalue weighted by Crippen LogP contribution is 2.28. The maximum Gasteiger partial charge on any atom is 0.225 e. The molecule has 5 aromatic heterocycles.